The number of hydrogen-bond donors (Lipinski definition) is 1. The van der Waals surface area contributed by atoms with Gasteiger partial charge in [-0.15, -0.1) is 0 Å². The Morgan fingerprint density at radius 1 is 1.46 bits per heavy atom. The third-order valence-electron chi connectivity index (χ3n) is 1.92. The Morgan fingerprint density at radius 2 is 2.15 bits per heavy atom. The Labute approximate surface area is 80.9 Å². The molecule has 0 saturated carbocycles. The van der Waals surface area contributed by atoms with E-state index in [1.54, 1.807) is 0 Å². The molecule has 0 fully saturated rings. The molecule has 3 nitrogen and oxygen atoms in total. The van der Waals surface area contributed by atoms with Crippen LogP contribution in [0.2, 0.25) is 0 Å². The van der Waals surface area contributed by atoms with Crippen molar-refractivity contribution in [2.24, 2.45) is 11.7 Å². The van der Waals surface area contributed by atoms with Crippen LogP contribution in [-0.2, 0) is 4.74 Å². The van der Waals surface area contributed by atoms with E-state index in [-0.39, 0.29) is 6.04 Å². The zero-order chi connectivity index (χ0) is 10.1. The fraction of sp³-hybridized carbons (Fsp3) is 0.900. The summed E-state index contributed by atoms with van der Waals surface area (Å²) in [5, 5.41) is 8.40. The number of nitrogens with two attached hydrogens (primary N) is 1. The maximum atomic E-state index is 8.40. The number of ether oxygens (including phenoxy) is 1. The molecule has 0 saturated heterocycles. The van der Waals surface area contributed by atoms with Gasteiger partial charge in [-0.1, -0.05) is 20.3 Å². The number of hydrogen-bond acceptors (Lipinski definition) is 3. The predicted octanol–water partition coefficient (Wildman–Crippen LogP) is 1.68. The van der Waals surface area contributed by atoms with Crippen LogP contribution in [-0.4, -0.2) is 19.3 Å². The Morgan fingerprint density at radius 3 is 2.69 bits per heavy atom. The third kappa shape index (κ3) is 7.76. The molecule has 76 valence electrons. The van der Waals surface area contributed by atoms with Crippen LogP contribution in [0.25, 0.3) is 0 Å². The zero-order valence-electron chi connectivity index (χ0n) is 8.62. The molecule has 2 N–H and O–H groups in total. The van der Waals surface area contributed by atoms with E-state index in [1.165, 1.54) is 12.8 Å². The van der Waals surface area contributed by atoms with Crippen molar-refractivity contribution in [2.75, 3.05) is 13.2 Å². The van der Waals surface area contributed by atoms with E-state index in [9.17, 15) is 0 Å². The van der Waals surface area contributed by atoms with Crippen LogP contribution in [0.4, 0.5) is 0 Å². The topological polar surface area (TPSA) is 59.0 Å². The van der Waals surface area contributed by atoms with E-state index in [0.717, 1.165) is 6.61 Å². The first-order valence-corrected chi connectivity index (χ1v) is 4.93. The van der Waals surface area contributed by atoms with Crippen molar-refractivity contribution < 1.29 is 4.74 Å². The number of nitrogens with zero attached hydrogens (tertiary/aromatic N) is 1. The largest absolute Gasteiger partial charge is 0.381 e. The van der Waals surface area contributed by atoms with Gasteiger partial charge in [0.15, 0.2) is 0 Å². The molecule has 2 unspecified atom stereocenters. The smallest absolute Gasteiger partial charge is 0.0950 e. The van der Waals surface area contributed by atoms with Crippen molar-refractivity contribution in [2.45, 2.75) is 39.2 Å². The molecule has 0 aliphatic carbocycles. The van der Waals surface area contributed by atoms with Crippen molar-refractivity contribution in [1.82, 2.24) is 0 Å². The monoisotopic (exact) mass is 184 g/mol. The van der Waals surface area contributed by atoms with Crippen molar-refractivity contribution in [1.29, 1.82) is 5.26 Å². The van der Waals surface area contributed by atoms with Gasteiger partial charge in [-0.25, -0.2) is 0 Å². The lowest BCUT2D eigenvalue weighted by molar-refractivity contribution is 0.0985. The zero-order valence-corrected chi connectivity index (χ0v) is 8.62. The summed E-state index contributed by atoms with van der Waals surface area (Å²) in [4.78, 5) is 0. The first-order valence-electron chi connectivity index (χ1n) is 4.93. The van der Waals surface area contributed by atoms with Gasteiger partial charge in [0.05, 0.1) is 12.1 Å². The Hall–Kier alpha value is -0.590. The first-order chi connectivity index (χ1) is 6.20. The van der Waals surface area contributed by atoms with Gasteiger partial charge in [-0.2, -0.15) is 5.26 Å². The van der Waals surface area contributed by atoms with Gasteiger partial charge < -0.3 is 10.5 Å². The van der Waals surface area contributed by atoms with Crippen LogP contribution < -0.4 is 5.73 Å². The standard InChI is InChI=1S/C10H20N2O/c1-3-4-9(2)8-13-6-5-10(12)7-11/h9-10H,3-6,8,12H2,1-2H3. The van der Waals surface area contributed by atoms with Crippen LogP contribution in [0.5, 0.6) is 0 Å². The second-order valence-electron chi connectivity index (χ2n) is 3.49. The quantitative estimate of drug-likeness (QED) is 0.612. The van der Waals surface area contributed by atoms with Crippen LogP contribution >= 0.6 is 0 Å². The highest BCUT2D eigenvalue weighted by molar-refractivity contribution is 4.85. The molecule has 0 aromatic heterocycles. The van der Waals surface area contributed by atoms with Gasteiger partial charge in [-0.3, -0.25) is 0 Å². The molecule has 0 aliphatic rings. The molecule has 0 aliphatic heterocycles. The minimum atomic E-state index is -0.374. The first kappa shape index (κ1) is 12.4. The second kappa shape index (κ2) is 8.03. The fourth-order valence-electron chi connectivity index (χ4n) is 1.14. The average molecular weight is 184 g/mol. The number of rotatable bonds is 7. The van der Waals surface area contributed by atoms with E-state index < -0.39 is 0 Å². The minimum absolute atomic E-state index is 0.374. The van der Waals surface area contributed by atoms with Gasteiger partial charge in [0.1, 0.15) is 0 Å². The van der Waals surface area contributed by atoms with Gasteiger partial charge in [0.25, 0.3) is 0 Å². The molecule has 0 bridgehead atoms. The van der Waals surface area contributed by atoms with Crippen LogP contribution in [0.1, 0.15) is 33.1 Å². The normalized spacial score (nSPS) is 14.9. The minimum Gasteiger partial charge on any atom is -0.381 e. The molecular formula is C10H20N2O. The second-order valence-corrected chi connectivity index (χ2v) is 3.49. The highest BCUT2D eigenvalue weighted by atomic mass is 16.5. The summed E-state index contributed by atoms with van der Waals surface area (Å²) >= 11 is 0. The lowest BCUT2D eigenvalue weighted by atomic mass is 10.1. The van der Waals surface area contributed by atoms with E-state index >= 15 is 0 Å². The van der Waals surface area contributed by atoms with E-state index in [4.69, 9.17) is 15.7 Å². The molecule has 0 spiro atoms. The van der Waals surface area contributed by atoms with Gasteiger partial charge in [-0.05, 0) is 18.8 Å². The lowest BCUT2D eigenvalue weighted by Gasteiger charge is -2.10. The van der Waals surface area contributed by atoms with Gasteiger partial charge >= 0.3 is 0 Å². The summed E-state index contributed by atoms with van der Waals surface area (Å²) < 4.78 is 5.39. The molecule has 0 aromatic carbocycles. The Kier molecular flexibility index (Phi) is 7.66. The molecule has 0 heterocycles. The summed E-state index contributed by atoms with van der Waals surface area (Å²) in [5.41, 5.74) is 5.41. The Balaban J connectivity index is 3.21. The SMILES string of the molecule is CCCC(C)COCCC(N)C#N. The summed E-state index contributed by atoms with van der Waals surface area (Å²) in [6.07, 6.45) is 3.03. The molecule has 2 atom stereocenters. The van der Waals surface area contributed by atoms with Crippen LogP contribution in [0.15, 0.2) is 0 Å². The third-order valence-corrected chi connectivity index (χ3v) is 1.92. The average Bonchev–Trinajstić information content (AvgIpc) is 2.12. The highest BCUT2D eigenvalue weighted by Crippen LogP contribution is 2.05. The van der Waals surface area contributed by atoms with Crippen molar-refractivity contribution >= 4 is 0 Å². The van der Waals surface area contributed by atoms with E-state index in [1.807, 2.05) is 6.07 Å². The molecule has 0 amide bonds. The van der Waals surface area contributed by atoms with Gasteiger partial charge in [0, 0.05) is 13.2 Å². The molecule has 3 heteroatoms. The molecule has 0 aromatic rings. The molecule has 0 radical (unpaired) electrons. The van der Waals surface area contributed by atoms with Gasteiger partial charge in [0.2, 0.25) is 0 Å². The van der Waals surface area contributed by atoms with Crippen molar-refractivity contribution in [3.8, 4) is 6.07 Å². The van der Waals surface area contributed by atoms with Crippen molar-refractivity contribution in [3.63, 3.8) is 0 Å². The van der Waals surface area contributed by atoms with Crippen LogP contribution in [0.3, 0.4) is 0 Å². The van der Waals surface area contributed by atoms with E-state index in [0.29, 0.717) is 18.9 Å². The highest BCUT2D eigenvalue weighted by Gasteiger charge is 2.02. The summed E-state index contributed by atoms with van der Waals surface area (Å²) in [6.45, 7) is 5.73. The maximum absolute atomic E-state index is 8.40. The molecule has 13 heavy (non-hydrogen) atoms. The van der Waals surface area contributed by atoms with Crippen molar-refractivity contribution in [3.05, 3.63) is 0 Å². The fourth-order valence-corrected chi connectivity index (χ4v) is 1.14. The summed E-state index contributed by atoms with van der Waals surface area (Å²) in [7, 11) is 0. The predicted molar refractivity (Wildman–Crippen MR) is 53.1 cm³/mol. The number of nitriles is 1. The Bertz CT molecular complexity index is 153. The summed E-state index contributed by atoms with van der Waals surface area (Å²) in [6, 6.07) is 1.60. The maximum Gasteiger partial charge on any atom is 0.0950 e. The van der Waals surface area contributed by atoms with E-state index in [2.05, 4.69) is 13.8 Å². The molecular weight excluding hydrogens is 164 g/mol. The molecule has 0 rings (SSSR count). The summed E-state index contributed by atoms with van der Waals surface area (Å²) in [5.74, 6) is 0.614. The van der Waals surface area contributed by atoms with Crippen LogP contribution in [0, 0.1) is 17.2 Å². The lowest BCUT2D eigenvalue weighted by Crippen LogP contribution is -2.20.